The van der Waals surface area contributed by atoms with Gasteiger partial charge in [0, 0.05) is 13.1 Å². The summed E-state index contributed by atoms with van der Waals surface area (Å²) >= 11 is 0. The monoisotopic (exact) mass is 261 g/mol. The van der Waals surface area contributed by atoms with Crippen molar-refractivity contribution in [2.45, 2.75) is 45.3 Å². The molecule has 0 aliphatic carbocycles. The minimum atomic E-state index is -0.831. The SMILES string of the molecule is CCC(O)(CC)C1CCN(Cc2ccccc2)C1=O. The summed E-state index contributed by atoms with van der Waals surface area (Å²) in [6.45, 7) is 5.31. The van der Waals surface area contributed by atoms with Crippen molar-refractivity contribution in [3.63, 3.8) is 0 Å². The molecule has 0 bridgehead atoms. The Kier molecular flexibility index (Phi) is 4.25. The average Bonchev–Trinajstić information content (AvgIpc) is 2.81. The van der Waals surface area contributed by atoms with Crippen molar-refractivity contribution in [3.8, 4) is 0 Å². The van der Waals surface area contributed by atoms with Crippen LogP contribution in [0.25, 0.3) is 0 Å². The molecule has 1 atom stereocenters. The highest BCUT2D eigenvalue weighted by Crippen LogP contribution is 2.34. The molecular weight excluding hydrogens is 238 g/mol. The Hall–Kier alpha value is -1.35. The Morgan fingerprint density at radius 3 is 2.47 bits per heavy atom. The van der Waals surface area contributed by atoms with Crippen LogP contribution >= 0.6 is 0 Å². The number of likely N-dealkylation sites (tertiary alicyclic amines) is 1. The number of hydrogen-bond donors (Lipinski definition) is 1. The van der Waals surface area contributed by atoms with Crippen LogP contribution in [-0.2, 0) is 11.3 Å². The predicted molar refractivity (Wildman–Crippen MR) is 75.5 cm³/mol. The van der Waals surface area contributed by atoms with Gasteiger partial charge in [0.15, 0.2) is 0 Å². The van der Waals surface area contributed by atoms with Gasteiger partial charge in [0.1, 0.15) is 0 Å². The molecule has 1 unspecified atom stereocenters. The van der Waals surface area contributed by atoms with Gasteiger partial charge in [-0.2, -0.15) is 0 Å². The normalized spacial score (nSPS) is 20.1. The van der Waals surface area contributed by atoms with E-state index in [2.05, 4.69) is 0 Å². The first kappa shape index (κ1) is 14.1. The van der Waals surface area contributed by atoms with Crippen LogP contribution in [0, 0.1) is 5.92 Å². The lowest BCUT2D eigenvalue weighted by Crippen LogP contribution is -2.41. The van der Waals surface area contributed by atoms with Gasteiger partial charge >= 0.3 is 0 Å². The number of rotatable bonds is 5. The maximum atomic E-state index is 12.4. The van der Waals surface area contributed by atoms with Gasteiger partial charge in [0.25, 0.3) is 0 Å². The largest absolute Gasteiger partial charge is 0.389 e. The van der Waals surface area contributed by atoms with Crippen LogP contribution in [0.3, 0.4) is 0 Å². The van der Waals surface area contributed by atoms with Crippen molar-refractivity contribution in [1.29, 1.82) is 0 Å². The van der Waals surface area contributed by atoms with Crippen LogP contribution in [0.5, 0.6) is 0 Å². The molecule has 0 spiro atoms. The quantitative estimate of drug-likeness (QED) is 0.885. The summed E-state index contributed by atoms with van der Waals surface area (Å²) in [6, 6.07) is 10.0. The molecule has 1 aromatic carbocycles. The van der Waals surface area contributed by atoms with Crippen LogP contribution in [-0.4, -0.2) is 28.1 Å². The zero-order valence-corrected chi connectivity index (χ0v) is 11.8. The lowest BCUT2D eigenvalue weighted by molar-refractivity contribution is -0.139. The Morgan fingerprint density at radius 2 is 1.89 bits per heavy atom. The van der Waals surface area contributed by atoms with Crippen molar-refractivity contribution in [3.05, 3.63) is 35.9 Å². The van der Waals surface area contributed by atoms with Crippen LogP contribution in [0.4, 0.5) is 0 Å². The van der Waals surface area contributed by atoms with Gasteiger partial charge in [-0.05, 0) is 24.8 Å². The minimum Gasteiger partial charge on any atom is -0.389 e. The third-order valence-corrected chi connectivity index (χ3v) is 4.39. The summed E-state index contributed by atoms with van der Waals surface area (Å²) in [6.07, 6.45) is 2.04. The second kappa shape index (κ2) is 5.74. The number of carbonyl (C=O) groups excluding carboxylic acids is 1. The summed E-state index contributed by atoms with van der Waals surface area (Å²) in [7, 11) is 0. The zero-order chi connectivity index (χ0) is 13.9. The van der Waals surface area contributed by atoms with Crippen LogP contribution < -0.4 is 0 Å². The van der Waals surface area contributed by atoms with Crippen LogP contribution in [0.1, 0.15) is 38.7 Å². The second-order valence-corrected chi connectivity index (χ2v) is 5.40. The lowest BCUT2D eigenvalue weighted by atomic mass is 9.82. The fourth-order valence-corrected chi connectivity index (χ4v) is 2.94. The number of aliphatic hydroxyl groups is 1. The highest BCUT2D eigenvalue weighted by Gasteiger charge is 2.44. The molecule has 3 nitrogen and oxygen atoms in total. The second-order valence-electron chi connectivity index (χ2n) is 5.40. The van der Waals surface area contributed by atoms with Gasteiger partial charge in [-0.1, -0.05) is 44.2 Å². The number of carbonyl (C=O) groups is 1. The standard InChI is InChI=1S/C16H23NO2/c1-3-16(19,4-2)14-10-11-17(15(14)18)12-13-8-6-5-7-9-13/h5-9,14,19H,3-4,10-12H2,1-2H3. The van der Waals surface area contributed by atoms with Crippen molar-refractivity contribution in [2.75, 3.05) is 6.54 Å². The molecule has 0 saturated carbocycles. The van der Waals surface area contributed by atoms with E-state index < -0.39 is 5.60 Å². The number of amides is 1. The minimum absolute atomic E-state index is 0.107. The van der Waals surface area contributed by atoms with Crippen molar-refractivity contribution < 1.29 is 9.90 Å². The lowest BCUT2D eigenvalue weighted by Gasteiger charge is -2.30. The van der Waals surface area contributed by atoms with E-state index >= 15 is 0 Å². The van der Waals surface area contributed by atoms with Gasteiger partial charge in [-0.25, -0.2) is 0 Å². The van der Waals surface area contributed by atoms with Crippen molar-refractivity contribution in [1.82, 2.24) is 4.90 Å². The molecule has 1 aliphatic heterocycles. The number of benzene rings is 1. The van der Waals surface area contributed by atoms with Gasteiger partial charge < -0.3 is 10.0 Å². The van der Waals surface area contributed by atoms with E-state index in [1.165, 1.54) is 0 Å². The molecule has 1 fully saturated rings. The van der Waals surface area contributed by atoms with E-state index in [4.69, 9.17) is 0 Å². The summed E-state index contributed by atoms with van der Waals surface area (Å²) in [5.74, 6) is -0.124. The molecule has 1 aromatic rings. The van der Waals surface area contributed by atoms with E-state index in [1.807, 2.05) is 49.1 Å². The maximum absolute atomic E-state index is 12.4. The van der Waals surface area contributed by atoms with Crippen molar-refractivity contribution in [2.24, 2.45) is 5.92 Å². The highest BCUT2D eigenvalue weighted by molar-refractivity contribution is 5.82. The molecule has 1 heterocycles. The third kappa shape index (κ3) is 2.81. The van der Waals surface area contributed by atoms with E-state index in [0.29, 0.717) is 19.4 Å². The van der Waals surface area contributed by atoms with Gasteiger partial charge in [0.05, 0.1) is 11.5 Å². The molecule has 1 amide bonds. The first-order valence-corrected chi connectivity index (χ1v) is 7.15. The summed E-state index contributed by atoms with van der Waals surface area (Å²) < 4.78 is 0. The molecule has 0 radical (unpaired) electrons. The Labute approximate surface area is 115 Å². The molecule has 1 aliphatic rings. The molecule has 1 N–H and O–H groups in total. The topological polar surface area (TPSA) is 40.5 Å². The van der Waals surface area contributed by atoms with Crippen LogP contribution in [0.2, 0.25) is 0 Å². The molecule has 0 aromatic heterocycles. The molecule has 3 heteroatoms. The average molecular weight is 261 g/mol. The third-order valence-electron chi connectivity index (χ3n) is 4.39. The molecule has 2 rings (SSSR count). The molecule has 19 heavy (non-hydrogen) atoms. The first-order chi connectivity index (χ1) is 9.10. The number of nitrogens with zero attached hydrogens (tertiary/aromatic N) is 1. The molecule has 1 saturated heterocycles. The summed E-state index contributed by atoms with van der Waals surface area (Å²) in [4.78, 5) is 14.3. The fourth-order valence-electron chi connectivity index (χ4n) is 2.94. The predicted octanol–water partition coefficient (Wildman–Crippen LogP) is 2.59. The smallest absolute Gasteiger partial charge is 0.228 e. The van der Waals surface area contributed by atoms with E-state index in [-0.39, 0.29) is 11.8 Å². The highest BCUT2D eigenvalue weighted by atomic mass is 16.3. The molecule has 104 valence electrons. The van der Waals surface area contributed by atoms with E-state index in [0.717, 1.165) is 18.5 Å². The Morgan fingerprint density at radius 1 is 1.26 bits per heavy atom. The number of hydrogen-bond acceptors (Lipinski definition) is 2. The van der Waals surface area contributed by atoms with Gasteiger partial charge in [0.2, 0.25) is 5.91 Å². The first-order valence-electron chi connectivity index (χ1n) is 7.15. The maximum Gasteiger partial charge on any atom is 0.228 e. The summed E-state index contributed by atoms with van der Waals surface area (Å²) in [5.41, 5.74) is 0.315. The van der Waals surface area contributed by atoms with Crippen LogP contribution in [0.15, 0.2) is 30.3 Å². The van der Waals surface area contributed by atoms with E-state index in [9.17, 15) is 9.90 Å². The Bertz CT molecular complexity index is 426. The molecular formula is C16H23NO2. The zero-order valence-electron chi connectivity index (χ0n) is 11.8. The fraction of sp³-hybridized carbons (Fsp3) is 0.562. The van der Waals surface area contributed by atoms with E-state index in [1.54, 1.807) is 0 Å². The van der Waals surface area contributed by atoms with Gasteiger partial charge in [-0.15, -0.1) is 0 Å². The van der Waals surface area contributed by atoms with Crippen molar-refractivity contribution >= 4 is 5.91 Å². The summed E-state index contributed by atoms with van der Waals surface area (Å²) in [5, 5.41) is 10.5. The Balaban J connectivity index is 2.06. The van der Waals surface area contributed by atoms with Gasteiger partial charge in [-0.3, -0.25) is 4.79 Å².